The average Bonchev–Trinajstić information content (AvgIpc) is 2.59. The Balaban J connectivity index is 1.93. The lowest BCUT2D eigenvalue weighted by Gasteiger charge is -2.29. The minimum Gasteiger partial charge on any atom is -0.310 e. The van der Waals surface area contributed by atoms with Crippen LogP contribution in [0.5, 0.6) is 0 Å². The minimum atomic E-state index is -3.74. The molecular formula is C19H24N2O3S. The van der Waals surface area contributed by atoms with E-state index in [9.17, 15) is 13.2 Å². The SMILES string of the molecule is Cc1ccccc1Cn1cccc(S(=O)(=O)N2CCC(C)CC2)c1=O. The van der Waals surface area contributed by atoms with Crippen LogP contribution in [0.3, 0.4) is 0 Å². The molecule has 1 aliphatic rings. The van der Waals surface area contributed by atoms with Gasteiger partial charge in [0.2, 0.25) is 10.0 Å². The van der Waals surface area contributed by atoms with Gasteiger partial charge in [0.1, 0.15) is 4.90 Å². The van der Waals surface area contributed by atoms with E-state index in [1.807, 2.05) is 31.2 Å². The number of aromatic nitrogens is 1. The monoisotopic (exact) mass is 360 g/mol. The maximum Gasteiger partial charge on any atom is 0.271 e. The van der Waals surface area contributed by atoms with E-state index >= 15 is 0 Å². The molecule has 1 aromatic carbocycles. The van der Waals surface area contributed by atoms with E-state index in [4.69, 9.17) is 0 Å². The second kappa shape index (κ2) is 7.14. The molecule has 0 spiro atoms. The highest BCUT2D eigenvalue weighted by molar-refractivity contribution is 7.89. The van der Waals surface area contributed by atoms with Crippen LogP contribution in [0.4, 0.5) is 0 Å². The number of piperidine rings is 1. The van der Waals surface area contributed by atoms with Crippen LogP contribution in [0.2, 0.25) is 0 Å². The molecule has 2 heterocycles. The topological polar surface area (TPSA) is 59.4 Å². The standard InChI is InChI=1S/C19H24N2O3S/c1-15-9-12-21(13-10-15)25(23,24)18-8-5-11-20(19(18)22)14-17-7-4-3-6-16(17)2/h3-8,11,15H,9-10,12-14H2,1-2H3. The van der Waals surface area contributed by atoms with Crippen molar-refractivity contribution in [2.45, 2.75) is 38.1 Å². The molecule has 3 rings (SSSR count). The molecular weight excluding hydrogens is 336 g/mol. The number of pyridine rings is 1. The molecule has 0 atom stereocenters. The van der Waals surface area contributed by atoms with Crippen molar-refractivity contribution in [3.63, 3.8) is 0 Å². The molecule has 0 radical (unpaired) electrons. The van der Waals surface area contributed by atoms with Crippen molar-refractivity contribution in [3.05, 3.63) is 64.1 Å². The lowest BCUT2D eigenvalue weighted by molar-refractivity contribution is 0.287. The van der Waals surface area contributed by atoms with Gasteiger partial charge in [0.15, 0.2) is 0 Å². The average molecular weight is 360 g/mol. The Kier molecular flexibility index (Phi) is 5.11. The maximum atomic E-state index is 12.9. The molecule has 0 amide bonds. The van der Waals surface area contributed by atoms with Gasteiger partial charge in [-0.15, -0.1) is 0 Å². The van der Waals surface area contributed by atoms with Crippen LogP contribution in [0.1, 0.15) is 30.9 Å². The van der Waals surface area contributed by atoms with Crippen molar-refractivity contribution < 1.29 is 8.42 Å². The van der Waals surface area contributed by atoms with Gasteiger partial charge >= 0.3 is 0 Å². The third-order valence-corrected chi connectivity index (χ3v) is 6.86. The lowest BCUT2D eigenvalue weighted by atomic mass is 10.0. The first kappa shape index (κ1) is 17.9. The molecule has 1 aliphatic heterocycles. The summed E-state index contributed by atoms with van der Waals surface area (Å²) in [6, 6.07) is 10.9. The van der Waals surface area contributed by atoms with Gasteiger partial charge in [0, 0.05) is 19.3 Å². The van der Waals surface area contributed by atoms with Gasteiger partial charge in [0.25, 0.3) is 5.56 Å². The molecule has 0 saturated carbocycles. The summed E-state index contributed by atoms with van der Waals surface area (Å²) in [5, 5.41) is 0. The molecule has 1 saturated heterocycles. The number of nitrogens with zero attached hydrogens (tertiary/aromatic N) is 2. The fraction of sp³-hybridized carbons (Fsp3) is 0.421. The predicted molar refractivity (Wildman–Crippen MR) is 98.1 cm³/mol. The first-order valence-electron chi connectivity index (χ1n) is 8.63. The highest BCUT2D eigenvalue weighted by Crippen LogP contribution is 2.22. The van der Waals surface area contributed by atoms with Gasteiger partial charge < -0.3 is 4.57 Å². The van der Waals surface area contributed by atoms with Gasteiger partial charge in [-0.1, -0.05) is 31.2 Å². The minimum absolute atomic E-state index is 0.127. The molecule has 1 fully saturated rings. The Morgan fingerprint density at radius 3 is 2.44 bits per heavy atom. The van der Waals surface area contributed by atoms with E-state index in [1.165, 1.54) is 14.9 Å². The number of hydrogen-bond acceptors (Lipinski definition) is 3. The van der Waals surface area contributed by atoms with Gasteiger partial charge in [-0.3, -0.25) is 4.79 Å². The Bertz CT molecular complexity index is 910. The molecule has 0 unspecified atom stereocenters. The zero-order valence-electron chi connectivity index (χ0n) is 14.7. The number of sulfonamides is 1. The fourth-order valence-electron chi connectivity index (χ4n) is 3.17. The van der Waals surface area contributed by atoms with Gasteiger partial charge in [0.05, 0.1) is 6.54 Å². The summed E-state index contributed by atoms with van der Waals surface area (Å²) >= 11 is 0. The normalized spacial score (nSPS) is 16.9. The highest BCUT2D eigenvalue weighted by Gasteiger charge is 2.30. The summed E-state index contributed by atoms with van der Waals surface area (Å²) < 4.78 is 28.7. The third-order valence-electron chi connectivity index (χ3n) is 4.95. The van der Waals surface area contributed by atoms with E-state index < -0.39 is 15.6 Å². The Morgan fingerprint density at radius 2 is 1.76 bits per heavy atom. The molecule has 25 heavy (non-hydrogen) atoms. The van der Waals surface area contributed by atoms with Crippen LogP contribution < -0.4 is 5.56 Å². The molecule has 0 bridgehead atoms. The summed E-state index contributed by atoms with van der Waals surface area (Å²) in [5.41, 5.74) is 1.63. The lowest BCUT2D eigenvalue weighted by Crippen LogP contribution is -2.40. The van der Waals surface area contributed by atoms with Crippen molar-refractivity contribution in [3.8, 4) is 0 Å². The summed E-state index contributed by atoms with van der Waals surface area (Å²) in [4.78, 5) is 12.7. The molecule has 6 heteroatoms. The van der Waals surface area contributed by atoms with Crippen LogP contribution in [0.15, 0.2) is 52.3 Å². The maximum absolute atomic E-state index is 12.9. The van der Waals surface area contributed by atoms with E-state index in [0.29, 0.717) is 25.6 Å². The summed E-state index contributed by atoms with van der Waals surface area (Å²) in [6.45, 7) is 5.44. The van der Waals surface area contributed by atoms with Gasteiger partial charge in [-0.25, -0.2) is 8.42 Å². The van der Waals surface area contributed by atoms with Gasteiger partial charge in [-0.05, 0) is 48.9 Å². The fourth-order valence-corrected chi connectivity index (χ4v) is 4.73. The van der Waals surface area contributed by atoms with Gasteiger partial charge in [-0.2, -0.15) is 4.31 Å². The molecule has 0 aliphatic carbocycles. The van der Waals surface area contributed by atoms with Crippen LogP contribution in [0.25, 0.3) is 0 Å². The molecule has 5 nitrogen and oxygen atoms in total. The highest BCUT2D eigenvalue weighted by atomic mass is 32.2. The van der Waals surface area contributed by atoms with Crippen molar-refractivity contribution >= 4 is 10.0 Å². The smallest absolute Gasteiger partial charge is 0.271 e. The Morgan fingerprint density at radius 1 is 1.08 bits per heavy atom. The first-order chi connectivity index (χ1) is 11.9. The predicted octanol–water partition coefficient (Wildman–Crippen LogP) is 2.63. The summed E-state index contributed by atoms with van der Waals surface area (Å²) in [6.07, 6.45) is 3.32. The van der Waals surface area contributed by atoms with Crippen LogP contribution in [0, 0.1) is 12.8 Å². The number of rotatable bonds is 4. The number of aryl methyl sites for hydroxylation is 1. The quantitative estimate of drug-likeness (QED) is 0.842. The second-order valence-corrected chi connectivity index (χ2v) is 8.72. The van der Waals surface area contributed by atoms with Crippen LogP contribution in [-0.4, -0.2) is 30.4 Å². The van der Waals surface area contributed by atoms with E-state index in [1.54, 1.807) is 12.3 Å². The molecule has 134 valence electrons. The Hall–Kier alpha value is -1.92. The second-order valence-electron chi connectivity index (χ2n) is 6.82. The molecule has 1 aromatic heterocycles. The van der Waals surface area contributed by atoms with Crippen LogP contribution >= 0.6 is 0 Å². The summed E-state index contributed by atoms with van der Waals surface area (Å²) in [7, 11) is -3.74. The largest absolute Gasteiger partial charge is 0.310 e. The number of benzene rings is 1. The third kappa shape index (κ3) is 3.70. The van der Waals surface area contributed by atoms with E-state index in [-0.39, 0.29) is 4.90 Å². The zero-order valence-corrected chi connectivity index (χ0v) is 15.5. The zero-order chi connectivity index (χ0) is 18.0. The number of hydrogen-bond donors (Lipinski definition) is 0. The van der Waals surface area contributed by atoms with Crippen molar-refractivity contribution in [2.24, 2.45) is 5.92 Å². The van der Waals surface area contributed by atoms with Crippen LogP contribution in [-0.2, 0) is 16.6 Å². The van der Waals surface area contributed by atoms with Crippen molar-refractivity contribution in [1.82, 2.24) is 8.87 Å². The first-order valence-corrected chi connectivity index (χ1v) is 10.1. The van der Waals surface area contributed by atoms with E-state index in [2.05, 4.69) is 6.92 Å². The Labute approximate surface area is 149 Å². The molecule has 0 N–H and O–H groups in total. The van der Waals surface area contributed by atoms with Crippen molar-refractivity contribution in [1.29, 1.82) is 0 Å². The molecule has 2 aromatic rings. The van der Waals surface area contributed by atoms with E-state index in [0.717, 1.165) is 24.0 Å². The van der Waals surface area contributed by atoms with Crippen molar-refractivity contribution in [2.75, 3.05) is 13.1 Å². The summed E-state index contributed by atoms with van der Waals surface area (Å²) in [5.74, 6) is 0.528.